The van der Waals surface area contributed by atoms with Crippen LogP contribution in [0.25, 0.3) is 0 Å². The number of carbonyl (C=O) groups excluding carboxylic acids is 2. The van der Waals surface area contributed by atoms with Gasteiger partial charge in [0.1, 0.15) is 5.92 Å². The molecule has 3 rings (SSSR count). The van der Waals surface area contributed by atoms with E-state index in [2.05, 4.69) is 0 Å². The molecular formula is C16H12N2O4. The molecule has 0 unspecified atom stereocenters. The van der Waals surface area contributed by atoms with Gasteiger partial charge in [-0.25, -0.2) is 0 Å². The van der Waals surface area contributed by atoms with Gasteiger partial charge in [-0.05, 0) is 12.1 Å². The van der Waals surface area contributed by atoms with Gasteiger partial charge < -0.3 is 4.90 Å². The number of para-hydroxylation sites is 2. The van der Waals surface area contributed by atoms with Crippen molar-refractivity contribution in [3.05, 3.63) is 69.8 Å². The van der Waals surface area contributed by atoms with Crippen molar-refractivity contribution in [1.82, 2.24) is 0 Å². The van der Waals surface area contributed by atoms with E-state index in [1.165, 1.54) is 23.1 Å². The quantitative estimate of drug-likeness (QED) is 0.484. The van der Waals surface area contributed by atoms with E-state index in [1.807, 2.05) is 0 Å². The highest BCUT2D eigenvalue weighted by Crippen LogP contribution is 2.37. The van der Waals surface area contributed by atoms with Crippen LogP contribution in [0.2, 0.25) is 0 Å². The second-order valence-corrected chi connectivity index (χ2v) is 5.03. The molecule has 1 aliphatic heterocycles. The molecule has 0 spiro atoms. The number of ketones is 1. The first kappa shape index (κ1) is 13.9. The normalized spacial score (nSPS) is 17.3. The number of benzene rings is 2. The minimum absolute atomic E-state index is 0.129. The Bertz CT molecular complexity index is 800. The van der Waals surface area contributed by atoms with Crippen molar-refractivity contribution >= 4 is 23.1 Å². The van der Waals surface area contributed by atoms with Gasteiger partial charge in [-0.2, -0.15) is 0 Å². The Morgan fingerprint density at radius 1 is 1.05 bits per heavy atom. The topological polar surface area (TPSA) is 80.5 Å². The molecule has 0 bridgehead atoms. The van der Waals surface area contributed by atoms with Gasteiger partial charge in [0.15, 0.2) is 5.78 Å². The van der Waals surface area contributed by atoms with Crippen molar-refractivity contribution in [3.63, 3.8) is 0 Å². The van der Waals surface area contributed by atoms with Gasteiger partial charge in [0.05, 0.1) is 16.2 Å². The van der Waals surface area contributed by atoms with Crippen LogP contribution in [0.15, 0.2) is 48.5 Å². The van der Waals surface area contributed by atoms with Gasteiger partial charge in [0.25, 0.3) is 5.69 Å². The zero-order valence-corrected chi connectivity index (χ0v) is 11.7. The van der Waals surface area contributed by atoms with Gasteiger partial charge in [0.2, 0.25) is 5.91 Å². The predicted molar refractivity (Wildman–Crippen MR) is 80.0 cm³/mol. The molecule has 1 heterocycles. The Kier molecular flexibility index (Phi) is 3.21. The molecular weight excluding hydrogens is 284 g/mol. The number of nitro benzene ring substituents is 1. The molecule has 1 aliphatic rings. The largest absolute Gasteiger partial charge is 0.314 e. The standard InChI is InChI=1S/C16H12N2O4/c1-17-12-8-4-3-7-11(12)15(19)14(16(17)20)10-6-2-5-9-13(10)18(21)22/h2-9,14H,1H3/t14-/m1/s1. The van der Waals surface area contributed by atoms with Crippen LogP contribution in [0.5, 0.6) is 0 Å². The van der Waals surface area contributed by atoms with Crippen LogP contribution in [-0.4, -0.2) is 23.7 Å². The van der Waals surface area contributed by atoms with E-state index in [1.54, 1.807) is 37.4 Å². The van der Waals surface area contributed by atoms with E-state index in [-0.39, 0.29) is 11.3 Å². The number of amides is 1. The number of hydrogen-bond acceptors (Lipinski definition) is 4. The molecule has 110 valence electrons. The van der Waals surface area contributed by atoms with Crippen LogP contribution in [0.3, 0.4) is 0 Å². The minimum Gasteiger partial charge on any atom is -0.314 e. The fourth-order valence-corrected chi connectivity index (χ4v) is 2.73. The molecule has 2 aromatic carbocycles. The van der Waals surface area contributed by atoms with Crippen LogP contribution >= 0.6 is 0 Å². The molecule has 0 N–H and O–H groups in total. The summed E-state index contributed by atoms with van der Waals surface area (Å²) in [6.07, 6.45) is 0. The van der Waals surface area contributed by atoms with Crippen molar-refractivity contribution in [1.29, 1.82) is 0 Å². The summed E-state index contributed by atoms with van der Waals surface area (Å²) in [4.78, 5) is 37.2. The Balaban J connectivity index is 2.19. The minimum atomic E-state index is -1.18. The number of rotatable bonds is 2. The number of anilines is 1. The monoisotopic (exact) mass is 296 g/mol. The fourth-order valence-electron chi connectivity index (χ4n) is 2.73. The Labute approximate surface area is 126 Å². The molecule has 1 atom stereocenters. The van der Waals surface area contributed by atoms with E-state index in [0.717, 1.165) is 0 Å². The van der Waals surface area contributed by atoms with Crippen LogP contribution in [0.4, 0.5) is 11.4 Å². The summed E-state index contributed by atoms with van der Waals surface area (Å²) in [5.41, 5.74) is 0.825. The van der Waals surface area contributed by atoms with E-state index in [9.17, 15) is 19.7 Å². The van der Waals surface area contributed by atoms with Gasteiger partial charge in [-0.15, -0.1) is 0 Å². The Morgan fingerprint density at radius 2 is 1.68 bits per heavy atom. The van der Waals surface area contributed by atoms with Crippen molar-refractivity contribution in [3.8, 4) is 0 Å². The number of likely N-dealkylation sites (N-methyl/N-ethyl adjacent to an activating group) is 1. The van der Waals surface area contributed by atoms with E-state index < -0.39 is 22.5 Å². The molecule has 22 heavy (non-hydrogen) atoms. The summed E-state index contributed by atoms with van der Waals surface area (Å²) in [5.74, 6) is -2.05. The Hall–Kier alpha value is -3.02. The second kappa shape index (κ2) is 5.07. The molecule has 0 aliphatic carbocycles. The highest BCUT2D eigenvalue weighted by molar-refractivity contribution is 6.25. The van der Waals surface area contributed by atoms with Crippen molar-refractivity contribution in [2.75, 3.05) is 11.9 Å². The second-order valence-electron chi connectivity index (χ2n) is 5.03. The smallest absolute Gasteiger partial charge is 0.273 e. The lowest BCUT2D eigenvalue weighted by Gasteiger charge is -2.30. The molecule has 6 nitrogen and oxygen atoms in total. The summed E-state index contributed by atoms with van der Waals surface area (Å²) in [5, 5.41) is 11.2. The van der Waals surface area contributed by atoms with Gasteiger partial charge >= 0.3 is 0 Å². The van der Waals surface area contributed by atoms with Crippen LogP contribution in [-0.2, 0) is 4.79 Å². The molecule has 6 heteroatoms. The zero-order chi connectivity index (χ0) is 15.9. The maximum absolute atomic E-state index is 12.7. The number of fused-ring (bicyclic) bond motifs is 1. The van der Waals surface area contributed by atoms with Crippen LogP contribution in [0, 0.1) is 10.1 Å². The number of hydrogen-bond donors (Lipinski definition) is 0. The molecule has 0 saturated carbocycles. The third-order valence-electron chi connectivity index (χ3n) is 3.82. The summed E-state index contributed by atoms with van der Waals surface area (Å²) >= 11 is 0. The fraction of sp³-hybridized carbons (Fsp3) is 0.125. The molecule has 0 radical (unpaired) electrons. The maximum atomic E-state index is 12.7. The summed E-state index contributed by atoms with van der Waals surface area (Å²) in [6, 6.07) is 12.6. The SMILES string of the molecule is CN1C(=O)[C@H](c2ccccc2[N+](=O)[O-])C(=O)c2ccccc21. The summed E-state index contributed by atoms with van der Waals surface area (Å²) < 4.78 is 0. The van der Waals surface area contributed by atoms with Crippen molar-refractivity contribution in [2.24, 2.45) is 0 Å². The maximum Gasteiger partial charge on any atom is 0.273 e. The molecule has 1 amide bonds. The average Bonchev–Trinajstić information content (AvgIpc) is 2.53. The van der Waals surface area contributed by atoms with Gasteiger partial charge in [-0.1, -0.05) is 30.3 Å². The molecule has 2 aromatic rings. The van der Waals surface area contributed by atoms with Gasteiger partial charge in [0, 0.05) is 18.7 Å². The lowest BCUT2D eigenvalue weighted by atomic mass is 9.84. The number of carbonyl (C=O) groups is 2. The molecule has 0 saturated heterocycles. The van der Waals surface area contributed by atoms with E-state index >= 15 is 0 Å². The third kappa shape index (κ3) is 1.96. The van der Waals surface area contributed by atoms with E-state index in [0.29, 0.717) is 11.3 Å². The first-order chi connectivity index (χ1) is 10.5. The van der Waals surface area contributed by atoms with Crippen LogP contribution in [0.1, 0.15) is 21.8 Å². The molecule has 0 aromatic heterocycles. The number of nitrogens with zero attached hydrogens (tertiary/aromatic N) is 2. The van der Waals surface area contributed by atoms with Crippen molar-refractivity contribution < 1.29 is 14.5 Å². The summed E-state index contributed by atoms with van der Waals surface area (Å²) in [6.45, 7) is 0. The highest BCUT2D eigenvalue weighted by atomic mass is 16.6. The van der Waals surface area contributed by atoms with Crippen molar-refractivity contribution in [2.45, 2.75) is 5.92 Å². The number of Topliss-reactive ketones (excluding diaryl/α,β-unsaturated/α-hetero) is 1. The number of nitro groups is 1. The predicted octanol–water partition coefficient (Wildman–Crippen LogP) is 2.54. The average molecular weight is 296 g/mol. The Morgan fingerprint density at radius 3 is 2.41 bits per heavy atom. The summed E-state index contributed by atoms with van der Waals surface area (Å²) in [7, 11) is 1.56. The van der Waals surface area contributed by atoms with Crippen LogP contribution < -0.4 is 4.90 Å². The highest BCUT2D eigenvalue weighted by Gasteiger charge is 2.41. The first-order valence-corrected chi connectivity index (χ1v) is 6.66. The molecule has 0 fully saturated rings. The zero-order valence-electron chi connectivity index (χ0n) is 11.7. The van der Waals surface area contributed by atoms with Gasteiger partial charge in [-0.3, -0.25) is 19.7 Å². The van der Waals surface area contributed by atoms with E-state index in [4.69, 9.17) is 0 Å². The lowest BCUT2D eigenvalue weighted by Crippen LogP contribution is -2.41. The lowest BCUT2D eigenvalue weighted by molar-refractivity contribution is -0.385. The third-order valence-corrected chi connectivity index (χ3v) is 3.82. The first-order valence-electron chi connectivity index (χ1n) is 6.66.